The maximum absolute atomic E-state index is 12.1. The zero-order valence-electron chi connectivity index (χ0n) is 11.4. The predicted octanol–water partition coefficient (Wildman–Crippen LogP) is 4.47. The molecule has 0 aliphatic rings. The molecule has 3 rings (SSSR count). The third-order valence-corrected chi connectivity index (χ3v) is 4.38. The van der Waals surface area contributed by atoms with Crippen LogP contribution in [0.2, 0.25) is 0 Å². The van der Waals surface area contributed by atoms with Crippen LogP contribution in [0.5, 0.6) is 0 Å². The third kappa shape index (κ3) is 3.64. The first-order chi connectivity index (χ1) is 10.7. The number of carbonyl (C=O) groups excluding carboxylic acids is 1. The van der Waals surface area contributed by atoms with Gasteiger partial charge in [-0.1, -0.05) is 39.8 Å². The normalized spacial score (nSPS) is 10.6. The number of Topliss-reactive ketones (excluding diaryl/α,β-unsaturated/α-hetero) is 1. The minimum atomic E-state index is 0.0643. The molecule has 0 saturated heterocycles. The van der Waals surface area contributed by atoms with Gasteiger partial charge in [0.15, 0.2) is 11.5 Å². The first-order valence-corrected chi connectivity index (χ1v) is 8.29. The van der Waals surface area contributed by atoms with Crippen molar-refractivity contribution in [3.63, 3.8) is 0 Å². The van der Waals surface area contributed by atoms with Gasteiger partial charge in [-0.2, -0.15) is 0 Å². The molecule has 6 heteroatoms. The second kappa shape index (κ2) is 6.89. The van der Waals surface area contributed by atoms with Crippen LogP contribution in [0.4, 0.5) is 0 Å². The smallest absolute Gasteiger partial charge is 0.173 e. The lowest BCUT2D eigenvalue weighted by Crippen LogP contribution is -2.02. The summed E-state index contributed by atoms with van der Waals surface area (Å²) in [6, 6.07) is 14.6. The number of hydrogen-bond donors (Lipinski definition) is 0. The molecular formula is C16H11BrN2O2S. The van der Waals surface area contributed by atoms with Gasteiger partial charge in [-0.15, -0.1) is 10.2 Å². The summed E-state index contributed by atoms with van der Waals surface area (Å²) < 4.78 is 6.21. The van der Waals surface area contributed by atoms with E-state index in [9.17, 15) is 4.79 Å². The molecule has 2 aromatic heterocycles. The van der Waals surface area contributed by atoms with Crippen molar-refractivity contribution in [1.82, 2.24) is 10.2 Å². The molecule has 0 spiro atoms. The fourth-order valence-corrected chi connectivity index (χ4v) is 2.78. The highest BCUT2D eigenvalue weighted by molar-refractivity contribution is 9.10. The number of aromatic nitrogens is 2. The van der Waals surface area contributed by atoms with Crippen molar-refractivity contribution < 1.29 is 9.21 Å². The first kappa shape index (κ1) is 15.0. The van der Waals surface area contributed by atoms with E-state index < -0.39 is 0 Å². The molecule has 110 valence electrons. The summed E-state index contributed by atoms with van der Waals surface area (Å²) in [6.45, 7) is 0. The Morgan fingerprint density at radius 3 is 2.55 bits per heavy atom. The molecule has 0 atom stereocenters. The predicted molar refractivity (Wildman–Crippen MR) is 88.9 cm³/mol. The van der Waals surface area contributed by atoms with Crippen molar-refractivity contribution in [2.45, 2.75) is 5.03 Å². The van der Waals surface area contributed by atoms with Crippen molar-refractivity contribution >= 4 is 33.5 Å². The van der Waals surface area contributed by atoms with Crippen molar-refractivity contribution in [1.29, 1.82) is 0 Å². The van der Waals surface area contributed by atoms with Crippen molar-refractivity contribution in [3.05, 3.63) is 64.8 Å². The van der Waals surface area contributed by atoms with Gasteiger partial charge >= 0.3 is 0 Å². The van der Waals surface area contributed by atoms with Crippen LogP contribution >= 0.6 is 27.7 Å². The minimum Gasteiger partial charge on any atom is -0.463 e. The Kier molecular flexibility index (Phi) is 4.70. The van der Waals surface area contributed by atoms with E-state index in [1.165, 1.54) is 11.8 Å². The van der Waals surface area contributed by atoms with Crippen molar-refractivity contribution in [2.75, 3.05) is 5.75 Å². The molecule has 0 N–H and O–H groups in total. The standard InChI is InChI=1S/C16H11BrN2O2S/c17-12-5-3-11(4-6-12)14(20)10-22-16-8-7-13(18-19-16)15-2-1-9-21-15/h1-9H,10H2. The molecule has 2 heterocycles. The summed E-state index contributed by atoms with van der Waals surface area (Å²) in [5.41, 5.74) is 1.37. The van der Waals surface area contributed by atoms with E-state index in [-0.39, 0.29) is 5.78 Å². The minimum absolute atomic E-state index is 0.0643. The fraction of sp³-hybridized carbons (Fsp3) is 0.0625. The first-order valence-electron chi connectivity index (χ1n) is 6.51. The number of carbonyl (C=O) groups is 1. The molecule has 0 fully saturated rings. The molecular weight excluding hydrogens is 364 g/mol. The molecule has 0 amide bonds. The maximum atomic E-state index is 12.1. The van der Waals surface area contributed by atoms with Gasteiger partial charge in [-0.3, -0.25) is 4.79 Å². The van der Waals surface area contributed by atoms with Crippen molar-refractivity contribution in [3.8, 4) is 11.5 Å². The van der Waals surface area contributed by atoms with E-state index in [2.05, 4.69) is 26.1 Å². The highest BCUT2D eigenvalue weighted by atomic mass is 79.9. The molecule has 1 aromatic carbocycles. The van der Waals surface area contributed by atoms with Gasteiger partial charge in [-0.25, -0.2) is 0 Å². The second-order valence-corrected chi connectivity index (χ2v) is 6.36. The number of furan rings is 1. The van der Waals surface area contributed by atoms with Gasteiger partial charge in [0, 0.05) is 10.0 Å². The molecule has 0 saturated carbocycles. The number of thioether (sulfide) groups is 1. The molecule has 0 aliphatic heterocycles. The third-order valence-electron chi connectivity index (χ3n) is 2.93. The van der Waals surface area contributed by atoms with E-state index in [1.807, 2.05) is 30.3 Å². The van der Waals surface area contributed by atoms with E-state index >= 15 is 0 Å². The molecule has 0 aliphatic carbocycles. The molecule has 0 unspecified atom stereocenters. The van der Waals surface area contributed by atoms with E-state index in [4.69, 9.17) is 4.42 Å². The molecule has 4 nitrogen and oxygen atoms in total. The topological polar surface area (TPSA) is 56.0 Å². The zero-order valence-corrected chi connectivity index (χ0v) is 13.8. The van der Waals surface area contributed by atoms with E-state index in [0.717, 1.165) is 4.47 Å². The Hall–Kier alpha value is -1.92. The van der Waals surface area contributed by atoms with Gasteiger partial charge in [-0.05, 0) is 36.4 Å². The van der Waals surface area contributed by atoms with Gasteiger partial charge in [0.2, 0.25) is 0 Å². The van der Waals surface area contributed by atoms with Crippen LogP contribution in [0.15, 0.2) is 68.7 Å². The molecule has 3 aromatic rings. The fourth-order valence-electron chi connectivity index (χ4n) is 1.81. The number of rotatable bonds is 5. The summed E-state index contributed by atoms with van der Waals surface area (Å²) in [5.74, 6) is 1.07. The van der Waals surface area contributed by atoms with Crippen LogP contribution in [0.3, 0.4) is 0 Å². The molecule has 0 bridgehead atoms. The van der Waals surface area contributed by atoms with Crippen LogP contribution in [0.1, 0.15) is 10.4 Å². The summed E-state index contributed by atoms with van der Waals surface area (Å²) in [5, 5.41) is 8.92. The van der Waals surface area contributed by atoms with Crippen LogP contribution < -0.4 is 0 Å². The second-order valence-electron chi connectivity index (χ2n) is 4.45. The Morgan fingerprint density at radius 1 is 1.09 bits per heavy atom. The quantitative estimate of drug-likeness (QED) is 0.486. The largest absolute Gasteiger partial charge is 0.463 e. The van der Waals surface area contributed by atoms with Crippen LogP contribution in [-0.2, 0) is 0 Å². The van der Waals surface area contributed by atoms with Crippen LogP contribution in [0, 0.1) is 0 Å². The number of benzene rings is 1. The van der Waals surface area contributed by atoms with Crippen molar-refractivity contribution in [2.24, 2.45) is 0 Å². The Balaban J connectivity index is 1.61. The number of halogens is 1. The lowest BCUT2D eigenvalue weighted by Gasteiger charge is -2.02. The lowest BCUT2D eigenvalue weighted by atomic mass is 10.2. The van der Waals surface area contributed by atoms with E-state index in [1.54, 1.807) is 24.5 Å². The van der Waals surface area contributed by atoms with E-state index in [0.29, 0.717) is 27.8 Å². The van der Waals surface area contributed by atoms with Crippen LogP contribution in [-0.4, -0.2) is 21.7 Å². The number of hydrogen-bond acceptors (Lipinski definition) is 5. The average Bonchev–Trinajstić information content (AvgIpc) is 3.08. The molecule has 0 radical (unpaired) electrons. The van der Waals surface area contributed by atoms with Gasteiger partial charge < -0.3 is 4.42 Å². The lowest BCUT2D eigenvalue weighted by molar-refractivity contribution is 0.102. The van der Waals surface area contributed by atoms with Crippen LogP contribution in [0.25, 0.3) is 11.5 Å². The number of ketones is 1. The van der Waals surface area contributed by atoms with Gasteiger partial charge in [0.05, 0.1) is 12.0 Å². The Morgan fingerprint density at radius 2 is 1.91 bits per heavy atom. The highest BCUT2D eigenvalue weighted by Gasteiger charge is 2.08. The average molecular weight is 375 g/mol. The summed E-state index contributed by atoms with van der Waals surface area (Å²) >= 11 is 4.72. The maximum Gasteiger partial charge on any atom is 0.173 e. The number of nitrogens with zero attached hydrogens (tertiary/aromatic N) is 2. The highest BCUT2D eigenvalue weighted by Crippen LogP contribution is 2.21. The molecule has 22 heavy (non-hydrogen) atoms. The Labute approximate surface area is 140 Å². The summed E-state index contributed by atoms with van der Waals surface area (Å²) in [6.07, 6.45) is 1.59. The zero-order chi connectivity index (χ0) is 15.4. The Bertz CT molecular complexity index is 756. The SMILES string of the molecule is O=C(CSc1ccc(-c2ccco2)nn1)c1ccc(Br)cc1. The monoisotopic (exact) mass is 374 g/mol. The summed E-state index contributed by atoms with van der Waals surface area (Å²) in [7, 11) is 0. The van der Waals surface area contributed by atoms with Gasteiger partial charge in [0.25, 0.3) is 0 Å². The summed E-state index contributed by atoms with van der Waals surface area (Å²) in [4.78, 5) is 12.1. The van der Waals surface area contributed by atoms with Gasteiger partial charge in [0.1, 0.15) is 10.7 Å².